The fourth-order valence-corrected chi connectivity index (χ4v) is 3.76. The Hall–Kier alpha value is -3.27. The molecule has 5 aromatic rings. The molecule has 0 amide bonds. The van der Waals surface area contributed by atoms with E-state index in [-0.39, 0.29) is 22.9 Å². The molecule has 0 unspecified atom stereocenters. The summed E-state index contributed by atoms with van der Waals surface area (Å²) >= 11 is 1.33. The van der Waals surface area contributed by atoms with Crippen LogP contribution in [-0.2, 0) is 13.5 Å². The number of aromatic nitrogens is 7. The molecule has 0 aliphatic heterocycles. The molecule has 134 valence electrons. The summed E-state index contributed by atoms with van der Waals surface area (Å²) in [6, 6.07) is 4.42. The number of pyridine rings is 1. The molecular formula is C17H11F2N7S. The van der Waals surface area contributed by atoms with Crippen molar-refractivity contribution in [1.82, 2.24) is 34.6 Å². The maximum Gasteiger partial charge on any atom is 0.234 e. The van der Waals surface area contributed by atoms with E-state index in [0.717, 1.165) is 5.56 Å². The monoisotopic (exact) mass is 383 g/mol. The molecule has 0 aliphatic carbocycles. The summed E-state index contributed by atoms with van der Waals surface area (Å²) in [6.07, 6.45) is 4.96. The van der Waals surface area contributed by atoms with Crippen molar-refractivity contribution in [3.05, 3.63) is 59.8 Å². The Bertz CT molecular complexity index is 1300. The van der Waals surface area contributed by atoms with Gasteiger partial charge in [0.1, 0.15) is 11.6 Å². The first-order valence-corrected chi connectivity index (χ1v) is 8.83. The number of rotatable bonds is 3. The maximum absolute atomic E-state index is 14.8. The van der Waals surface area contributed by atoms with E-state index in [2.05, 4.69) is 25.4 Å². The van der Waals surface area contributed by atoms with E-state index < -0.39 is 11.6 Å². The van der Waals surface area contributed by atoms with E-state index in [1.165, 1.54) is 28.1 Å². The van der Waals surface area contributed by atoms with E-state index in [9.17, 15) is 8.78 Å². The molecular weight excluding hydrogens is 372 g/mol. The number of hydrogen-bond donors (Lipinski definition) is 0. The minimum atomic E-state index is -0.668. The zero-order valence-electron chi connectivity index (χ0n) is 14.0. The van der Waals surface area contributed by atoms with Crippen molar-refractivity contribution < 1.29 is 8.78 Å². The lowest BCUT2D eigenvalue weighted by atomic mass is 10.1. The smallest absolute Gasteiger partial charge is 0.234 e. The Balaban J connectivity index is 1.59. The molecule has 27 heavy (non-hydrogen) atoms. The van der Waals surface area contributed by atoms with Gasteiger partial charge in [-0.15, -0.1) is 10.2 Å². The van der Waals surface area contributed by atoms with Crippen molar-refractivity contribution in [2.24, 2.45) is 7.05 Å². The first-order valence-electron chi connectivity index (χ1n) is 8.02. The highest BCUT2D eigenvalue weighted by Crippen LogP contribution is 2.27. The SMILES string of the molecule is Cn1cc(-c2nn3c(Cc4c(F)cc5ncccc5c4F)nnc3s2)cn1. The van der Waals surface area contributed by atoms with Crippen LogP contribution in [0.2, 0.25) is 0 Å². The predicted molar refractivity (Wildman–Crippen MR) is 95.3 cm³/mol. The first-order chi connectivity index (χ1) is 13.1. The molecule has 0 bridgehead atoms. The van der Waals surface area contributed by atoms with Crippen molar-refractivity contribution in [3.8, 4) is 10.6 Å². The molecule has 0 spiro atoms. The van der Waals surface area contributed by atoms with Crippen molar-refractivity contribution in [2.75, 3.05) is 0 Å². The Morgan fingerprint density at radius 1 is 1.22 bits per heavy atom. The number of fused-ring (bicyclic) bond motifs is 2. The number of nitrogens with zero attached hydrogens (tertiary/aromatic N) is 7. The lowest BCUT2D eigenvalue weighted by molar-refractivity contribution is 0.566. The second kappa shape index (κ2) is 5.88. The third-order valence-electron chi connectivity index (χ3n) is 4.23. The normalized spacial score (nSPS) is 11.7. The van der Waals surface area contributed by atoms with Crippen LogP contribution in [0.4, 0.5) is 8.78 Å². The van der Waals surface area contributed by atoms with Gasteiger partial charge in [-0.2, -0.15) is 14.7 Å². The lowest BCUT2D eigenvalue weighted by Crippen LogP contribution is -2.03. The summed E-state index contributed by atoms with van der Waals surface area (Å²) in [7, 11) is 1.81. The first kappa shape index (κ1) is 15.9. The molecule has 1 aromatic carbocycles. The molecule has 0 radical (unpaired) electrons. The number of hydrogen-bond acceptors (Lipinski definition) is 6. The zero-order chi connectivity index (χ0) is 18.5. The Morgan fingerprint density at radius 2 is 2.11 bits per heavy atom. The van der Waals surface area contributed by atoms with E-state index in [1.807, 2.05) is 13.2 Å². The van der Waals surface area contributed by atoms with Gasteiger partial charge >= 0.3 is 0 Å². The van der Waals surface area contributed by atoms with Gasteiger partial charge in [0, 0.05) is 42.9 Å². The summed E-state index contributed by atoms with van der Waals surface area (Å²) in [6.45, 7) is 0. The van der Waals surface area contributed by atoms with E-state index in [0.29, 0.717) is 15.8 Å². The van der Waals surface area contributed by atoms with Gasteiger partial charge in [-0.25, -0.2) is 8.78 Å². The molecule has 0 fully saturated rings. The quantitative estimate of drug-likeness (QED) is 0.479. The summed E-state index contributed by atoms with van der Waals surface area (Å²) in [5, 5.41) is 17.7. The molecule has 0 aliphatic rings. The highest BCUT2D eigenvalue weighted by Gasteiger charge is 2.19. The molecule has 10 heteroatoms. The summed E-state index contributed by atoms with van der Waals surface area (Å²) < 4.78 is 32.5. The van der Waals surface area contributed by atoms with Crippen LogP contribution in [0.15, 0.2) is 36.8 Å². The fourth-order valence-electron chi connectivity index (χ4n) is 2.93. The largest absolute Gasteiger partial charge is 0.275 e. The van der Waals surface area contributed by atoms with Gasteiger partial charge in [0.25, 0.3) is 0 Å². The predicted octanol–water partition coefficient (Wildman–Crippen LogP) is 3.00. The third kappa shape index (κ3) is 2.56. The van der Waals surface area contributed by atoms with Gasteiger partial charge in [0.15, 0.2) is 10.8 Å². The van der Waals surface area contributed by atoms with E-state index >= 15 is 0 Å². The van der Waals surface area contributed by atoms with Gasteiger partial charge in [0.2, 0.25) is 4.96 Å². The van der Waals surface area contributed by atoms with Gasteiger partial charge < -0.3 is 0 Å². The molecule has 5 rings (SSSR count). The Morgan fingerprint density at radius 3 is 2.93 bits per heavy atom. The summed E-state index contributed by atoms with van der Waals surface area (Å²) in [4.78, 5) is 4.55. The van der Waals surface area contributed by atoms with Crippen molar-refractivity contribution in [3.63, 3.8) is 0 Å². The maximum atomic E-state index is 14.8. The zero-order valence-corrected chi connectivity index (χ0v) is 14.8. The number of benzene rings is 1. The average Bonchev–Trinajstić information content (AvgIpc) is 3.35. The fraction of sp³-hybridized carbons (Fsp3) is 0.118. The van der Waals surface area contributed by atoms with Crippen molar-refractivity contribution in [1.29, 1.82) is 0 Å². The van der Waals surface area contributed by atoms with E-state index in [1.54, 1.807) is 23.0 Å². The Labute approximate surface area is 154 Å². The highest BCUT2D eigenvalue weighted by molar-refractivity contribution is 7.19. The van der Waals surface area contributed by atoms with Crippen molar-refractivity contribution >= 4 is 27.2 Å². The van der Waals surface area contributed by atoms with Crippen LogP contribution in [-0.4, -0.2) is 34.6 Å². The van der Waals surface area contributed by atoms with Gasteiger partial charge in [-0.3, -0.25) is 9.67 Å². The standard InChI is InChI=1S/C17H11F2N7S/c1-25-8-9(7-21-25)16-24-26-14(22-23-17(26)27-16)5-11-12(18)6-13-10(15(11)19)3-2-4-20-13/h2-4,6-8H,5H2,1H3. The van der Waals surface area contributed by atoms with Crippen LogP contribution in [0.3, 0.4) is 0 Å². The molecule has 0 saturated carbocycles. The van der Waals surface area contributed by atoms with Gasteiger partial charge in [-0.05, 0) is 12.1 Å². The van der Waals surface area contributed by atoms with Crippen LogP contribution in [0, 0.1) is 11.6 Å². The second-order valence-electron chi connectivity index (χ2n) is 6.02. The van der Waals surface area contributed by atoms with Crippen LogP contribution in [0.25, 0.3) is 26.4 Å². The second-order valence-corrected chi connectivity index (χ2v) is 6.97. The summed E-state index contributed by atoms with van der Waals surface area (Å²) in [5.74, 6) is -0.951. The molecule has 4 heterocycles. The van der Waals surface area contributed by atoms with Crippen LogP contribution >= 0.6 is 11.3 Å². The molecule has 7 nitrogen and oxygen atoms in total. The highest BCUT2D eigenvalue weighted by atomic mass is 32.1. The van der Waals surface area contributed by atoms with E-state index in [4.69, 9.17) is 0 Å². The lowest BCUT2D eigenvalue weighted by Gasteiger charge is -2.06. The summed E-state index contributed by atoms with van der Waals surface area (Å²) in [5.41, 5.74) is 1.03. The van der Waals surface area contributed by atoms with Crippen LogP contribution in [0.5, 0.6) is 0 Å². The molecule has 0 atom stereocenters. The topological polar surface area (TPSA) is 73.8 Å². The van der Waals surface area contributed by atoms with Crippen LogP contribution < -0.4 is 0 Å². The minimum Gasteiger partial charge on any atom is -0.275 e. The van der Waals surface area contributed by atoms with Gasteiger partial charge in [-0.1, -0.05) is 11.3 Å². The average molecular weight is 383 g/mol. The Kier molecular flexibility index (Phi) is 3.47. The third-order valence-corrected chi connectivity index (χ3v) is 5.18. The molecule has 4 aromatic heterocycles. The minimum absolute atomic E-state index is 0.0696. The number of halogens is 2. The van der Waals surface area contributed by atoms with Crippen molar-refractivity contribution in [2.45, 2.75) is 6.42 Å². The molecule has 0 N–H and O–H groups in total. The van der Waals surface area contributed by atoms with Gasteiger partial charge in [0.05, 0.1) is 17.3 Å². The number of aryl methyl sites for hydroxylation is 1. The molecule has 0 saturated heterocycles. The van der Waals surface area contributed by atoms with Crippen LogP contribution in [0.1, 0.15) is 11.4 Å².